The van der Waals surface area contributed by atoms with Crippen molar-refractivity contribution in [3.63, 3.8) is 0 Å². The van der Waals surface area contributed by atoms with Gasteiger partial charge in [-0.25, -0.2) is 0 Å². The van der Waals surface area contributed by atoms with Crippen LogP contribution in [0.4, 0.5) is 0 Å². The fourth-order valence-corrected chi connectivity index (χ4v) is 2.27. The molecule has 3 N–H and O–H groups in total. The minimum absolute atomic E-state index is 0.331. The van der Waals surface area contributed by atoms with Crippen LogP contribution in [0.5, 0.6) is 0 Å². The molecule has 0 aromatic heterocycles. The lowest BCUT2D eigenvalue weighted by Gasteiger charge is -2.34. The molecule has 0 aliphatic rings. The van der Waals surface area contributed by atoms with E-state index in [2.05, 4.69) is 0 Å². The summed E-state index contributed by atoms with van der Waals surface area (Å²) in [7, 11) is 0. The number of rotatable bonds is 4. The smallest absolute Gasteiger partial charge is 0.130 e. The van der Waals surface area contributed by atoms with Crippen LogP contribution in [0.1, 0.15) is 24.5 Å². The minimum atomic E-state index is -1.13. The van der Waals surface area contributed by atoms with Crippen molar-refractivity contribution < 1.29 is 5.11 Å². The molecule has 0 heterocycles. The molecule has 1 atom stereocenters. The largest absolute Gasteiger partial charge is 0.379 e. The molecule has 0 bridgehead atoms. The second kappa shape index (κ2) is 5.34. The first-order valence-corrected chi connectivity index (χ1v) is 6.28. The van der Waals surface area contributed by atoms with Gasteiger partial charge in [0.15, 0.2) is 0 Å². The second-order valence-corrected chi connectivity index (χ2v) is 4.51. The first-order chi connectivity index (χ1) is 8.69. The van der Waals surface area contributed by atoms with Crippen molar-refractivity contribution >= 4 is 0 Å². The summed E-state index contributed by atoms with van der Waals surface area (Å²) in [6, 6.07) is 18.9. The average Bonchev–Trinajstić information content (AvgIpc) is 2.47. The highest BCUT2D eigenvalue weighted by molar-refractivity contribution is 5.37. The van der Waals surface area contributed by atoms with E-state index in [0.717, 1.165) is 11.1 Å². The predicted octanol–water partition coefficient (Wildman–Crippen LogP) is 2.66. The van der Waals surface area contributed by atoms with Gasteiger partial charge in [-0.2, -0.15) is 0 Å². The van der Waals surface area contributed by atoms with Gasteiger partial charge in [0.2, 0.25) is 0 Å². The molecule has 2 aromatic carbocycles. The third-order valence-corrected chi connectivity index (χ3v) is 3.40. The monoisotopic (exact) mass is 241 g/mol. The molecule has 0 spiro atoms. The summed E-state index contributed by atoms with van der Waals surface area (Å²) in [6.45, 7) is 1.99. The van der Waals surface area contributed by atoms with Crippen molar-refractivity contribution in [3.8, 4) is 0 Å². The van der Waals surface area contributed by atoms with Gasteiger partial charge in [-0.1, -0.05) is 67.6 Å². The van der Waals surface area contributed by atoms with Crippen molar-refractivity contribution in [3.05, 3.63) is 71.8 Å². The molecule has 2 rings (SSSR count). The van der Waals surface area contributed by atoms with Crippen LogP contribution in [-0.2, 0) is 5.60 Å². The highest BCUT2D eigenvalue weighted by Gasteiger charge is 2.36. The fourth-order valence-electron chi connectivity index (χ4n) is 2.27. The molecule has 0 aliphatic heterocycles. The van der Waals surface area contributed by atoms with E-state index in [0.29, 0.717) is 6.42 Å². The molecule has 2 heteroatoms. The maximum Gasteiger partial charge on any atom is 0.130 e. The highest BCUT2D eigenvalue weighted by Crippen LogP contribution is 2.33. The summed E-state index contributed by atoms with van der Waals surface area (Å²) < 4.78 is 0. The standard InChI is InChI=1S/C16H19NO/c1-2-15(17)16(18,13-9-5-3-6-10-13)14-11-7-4-8-12-14/h3-12,15,18H,2,17H2,1H3/t15-/m0/s1. The van der Waals surface area contributed by atoms with Crippen LogP contribution < -0.4 is 5.73 Å². The normalized spacial score (nSPS) is 13.3. The molecule has 0 radical (unpaired) electrons. The van der Waals surface area contributed by atoms with Gasteiger partial charge in [0.1, 0.15) is 5.60 Å². The molecule has 0 saturated carbocycles. The summed E-state index contributed by atoms with van der Waals surface area (Å²) in [5, 5.41) is 11.1. The summed E-state index contributed by atoms with van der Waals surface area (Å²) in [4.78, 5) is 0. The van der Waals surface area contributed by atoms with Crippen LogP contribution in [0.25, 0.3) is 0 Å². The Labute approximate surface area is 108 Å². The van der Waals surface area contributed by atoms with E-state index in [1.54, 1.807) is 0 Å². The van der Waals surface area contributed by atoms with Crippen LogP contribution in [0.2, 0.25) is 0 Å². The van der Waals surface area contributed by atoms with E-state index in [-0.39, 0.29) is 6.04 Å². The van der Waals surface area contributed by atoms with Gasteiger partial charge in [-0.05, 0) is 17.5 Å². The second-order valence-electron chi connectivity index (χ2n) is 4.51. The van der Waals surface area contributed by atoms with Crippen molar-refractivity contribution in [2.24, 2.45) is 5.73 Å². The topological polar surface area (TPSA) is 46.2 Å². The Hall–Kier alpha value is -1.64. The highest BCUT2D eigenvalue weighted by atomic mass is 16.3. The first-order valence-electron chi connectivity index (χ1n) is 6.28. The van der Waals surface area contributed by atoms with Crippen molar-refractivity contribution in [1.82, 2.24) is 0 Å². The van der Waals surface area contributed by atoms with E-state index in [1.165, 1.54) is 0 Å². The van der Waals surface area contributed by atoms with E-state index in [1.807, 2.05) is 67.6 Å². The van der Waals surface area contributed by atoms with Crippen LogP contribution in [-0.4, -0.2) is 11.1 Å². The number of nitrogens with two attached hydrogens (primary N) is 1. The fraction of sp³-hybridized carbons (Fsp3) is 0.250. The minimum Gasteiger partial charge on any atom is -0.379 e. The molecular formula is C16H19NO. The zero-order valence-corrected chi connectivity index (χ0v) is 10.6. The Morgan fingerprint density at radius 2 is 1.33 bits per heavy atom. The van der Waals surface area contributed by atoms with Gasteiger partial charge < -0.3 is 10.8 Å². The summed E-state index contributed by atoms with van der Waals surface area (Å²) in [5.41, 5.74) is 6.71. The third kappa shape index (κ3) is 2.17. The quantitative estimate of drug-likeness (QED) is 0.864. The number of hydrogen-bond acceptors (Lipinski definition) is 2. The van der Waals surface area contributed by atoms with Crippen molar-refractivity contribution in [2.75, 3.05) is 0 Å². The summed E-state index contributed by atoms with van der Waals surface area (Å²) >= 11 is 0. The Balaban J connectivity index is 2.55. The molecule has 0 aliphatic carbocycles. The number of benzene rings is 2. The molecule has 2 aromatic rings. The lowest BCUT2D eigenvalue weighted by atomic mass is 9.79. The lowest BCUT2D eigenvalue weighted by Crippen LogP contribution is -2.46. The van der Waals surface area contributed by atoms with Gasteiger partial charge in [0.25, 0.3) is 0 Å². The van der Waals surface area contributed by atoms with Crippen molar-refractivity contribution in [2.45, 2.75) is 25.0 Å². The predicted molar refractivity (Wildman–Crippen MR) is 74.1 cm³/mol. The van der Waals surface area contributed by atoms with Crippen LogP contribution in [0.3, 0.4) is 0 Å². The van der Waals surface area contributed by atoms with Crippen LogP contribution >= 0.6 is 0 Å². The molecule has 18 heavy (non-hydrogen) atoms. The van der Waals surface area contributed by atoms with E-state index in [9.17, 15) is 5.11 Å². The van der Waals surface area contributed by atoms with Crippen molar-refractivity contribution in [1.29, 1.82) is 0 Å². The average molecular weight is 241 g/mol. The maximum absolute atomic E-state index is 11.1. The zero-order valence-electron chi connectivity index (χ0n) is 10.6. The molecule has 2 nitrogen and oxygen atoms in total. The van der Waals surface area contributed by atoms with Gasteiger partial charge in [-0.15, -0.1) is 0 Å². The van der Waals surface area contributed by atoms with E-state index in [4.69, 9.17) is 5.73 Å². The zero-order chi connectivity index (χ0) is 13.0. The molecule has 0 saturated heterocycles. The molecule has 0 unspecified atom stereocenters. The number of aliphatic hydroxyl groups is 1. The Morgan fingerprint density at radius 1 is 0.944 bits per heavy atom. The molecule has 94 valence electrons. The van der Waals surface area contributed by atoms with Gasteiger partial charge in [-0.3, -0.25) is 0 Å². The Kier molecular flexibility index (Phi) is 3.80. The Bertz CT molecular complexity index is 441. The summed E-state index contributed by atoms with van der Waals surface area (Å²) in [5.74, 6) is 0. The Morgan fingerprint density at radius 3 is 1.67 bits per heavy atom. The summed E-state index contributed by atoms with van der Waals surface area (Å²) in [6.07, 6.45) is 0.709. The first kappa shape index (κ1) is 12.8. The third-order valence-electron chi connectivity index (χ3n) is 3.40. The molecule has 0 fully saturated rings. The van der Waals surface area contributed by atoms with Gasteiger partial charge >= 0.3 is 0 Å². The number of hydrogen-bond donors (Lipinski definition) is 2. The maximum atomic E-state index is 11.1. The van der Waals surface area contributed by atoms with E-state index >= 15 is 0 Å². The SMILES string of the molecule is CC[C@H](N)C(O)(c1ccccc1)c1ccccc1. The molecular weight excluding hydrogens is 222 g/mol. The van der Waals surface area contributed by atoms with E-state index < -0.39 is 5.60 Å². The molecule has 0 amide bonds. The lowest BCUT2D eigenvalue weighted by molar-refractivity contribution is 0.0503. The van der Waals surface area contributed by atoms with Gasteiger partial charge in [0.05, 0.1) is 0 Å². The van der Waals surface area contributed by atoms with Crippen LogP contribution in [0, 0.1) is 0 Å². The van der Waals surface area contributed by atoms with Crippen LogP contribution in [0.15, 0.2) is 60.7 Å². The van der Waals surface area contributed by atoms with Gasteiger partial charge in [0, 0.05) is 6.04 Å².